The summed E-state index contributed by atoms with van der Waals surface area (Å²) >= 11 is 0. The van der Waals surface area contributed by atoms with Crippen molar-refractivity contribution in [3.05, 3.63) is 48.2 Å². The van der Waals surface area contributed by atoms with Crippen LogP contribution in [0.5, 0.6) is 0 Å². The summed E-state index contributed by atoms with van der Waals surface area (Å²) in [4.78, 5) is 31.1. The number of rotatable bonds is 7. The average Bonchev–Trinajstić information content (AvgIpc) is 3.29. The van der Waals surface area contributed by atoms with E-state index in [0.717, 1.165) is 0 Å². The quantitative estimate of drug-likeness (QED) is 0.478. The second-order valence-electron chi connectivity index (χ2n) is 8.55. The first-order chi connectivity index (χ1) is 16.3. The molecule has 4 N–H and O–H groups in total. The third kappa shape index (κ3) is 4.91. The molecule has 1 aliphatic heterocycles. The molecule has 0 unspecified atom stereocenters. The van der Waals surface area contributed by atoms with Crippen molar-refractivity contribution in [3.63, 3.8) is 0 Å². The lowest BCUT2D eigenvalue weighted by Gasteiger charge is -2.35. The van der Waals surface area contributed by atoms with Crippen LogP contribution in [0.2, 0.25) is 0 Å². The predicted octanol–water partition coefficient (Wildman–Crippen LogP) is 1.87. The maximum atomic E-state index is 13.5. The van der Waals surface area contributed by atoms with Gasteiger partial charge in [-0.25, -0.2) is 19.3 Å². The number of aromatic amines is 1. The lowest BCUT2D eigenvalue weighted by atomic mass is 9.91. The number of carbonyl (C=O) groups excluding carboxylic acids is 1. The Morgan fingerprint density at radius 2 is 1.94 bits per heavy atom. The summed E-state index contributed by atoms with van der Waals surface area (Å²) in [5, 5.41) is 2.78. The van der Waals surface area contributed by atoms with Crippen molar-refractivity contribution in [1.29, 1.82) is 0 Å². The number of nitrogens with zero attached hydrogens (tertiary/aromatic N) is 4. The number of H-pyrrole nitrogens is 1. The van der Waals surface area contributed by atoms with Crippen molar-refractivity contribution in [2.24, 2.45) is 11.1 Å². The molecule has 0 saturated carbocycles. The minimum atomic E-state index is -0.839. The molecule has 1 fully saturated rings. The first kappa shape index (κ1) is 23.7. The molecule has 0 aliphatic carbocycles. The maximum Gasteiger partial charge on any atom is 0.230 e. The van der Waals surface area contributed by atoms with Crippen LogP contribution >= 0.6 is 0 Å². The number of imidazole rings is 1. The van der Waals surface area contributed by atoms with E-state index in [1.807, 2.05) is 14.1 Å². The molecule has 180 valence electrons. The van der Waals surface area contributed by atoms with Crippen molar-refractivity contribution in [2.75, 3.05) is 45.3 Å². The fraction of sp³-hybridized carbons (Fsp3) is 0.391. The highest BCUT2D eigenvalue weighted by Crippen LogP contribution is 2.35. The zero-order valence-corrected chi connectivity index (χ0v) is 19.3. The molecule has 1 amide bonds. The minimum Gasteiger partial charge on any atom is -0.354 e. The van der Waals surface area contributed by atoms with Crippen molar-refractivity contribution in [2.45, 2.75) is 13.2 Å². The zero-order chi connectivity index (χ0) is 24.3. The summed E-state index contributed by atoms with van der Waals surface area (Å²) in [6, 6.07) is 7.80. The van der Waals surface area contributed by atoms with Crippen molar-refractivity contribution < 1.29 is 18.7 Å². The molecule has 0 radical (unpaired) electrons. The van der Waals surface area contributed by atoms with Crippen LogP contribution in [0.1, 0.15) is 19.0 Å². The van der Waals surface area contributed by atoms with E-state index in [1.54, 1.807) is 36.2 Å². The molecule has 2 aromatic heterocycles. The first-order valence-corrected chi connectivity index (χ1v) is 10.9. The van der Waals surface area contributed by atoms with Gasteiger partial charge in [-0.15, -0.1) is 0 Å². The highest BCUT2D eigenvalue weighted by atomic mass is 19.1. The van der Waals surface area contributed by atoms with Gasteiger partial charge in [0.2, 0.25) is 18.1 Å². The Labute approximate surface area is 196 Å². The third-order valence-electron chi connectivity index (χ3n) is 5.45. The van der Waals surface area contributed by atoms with Crippen LogP contribution in [-0.2, 0) is 14.3 Å². The van der Waals surface area contributed by atoms with Gasteiger partial charge in [-0.1, -0.05) is 0 Å². The molecule has 11 heteroatoms. The van der Waals surface area contributed by atoms with Gasteiger partial charge >= 0.3 is 0 Å². The summed E-state index contributed by atoms with van der Waals surface area (Å²) in [6.07, 6.45) is 0.851. The topological polar surface area (TPSA) is 131 Å². The van der Waals surface area contributed by atoms with Gasteiger partial charge in [-0.2, -0.15) is 0 Å². The minimum absolute atomic E-state index is 0.147. The molecule has 3 aromatic rings. The van der Waals surface area contributed by atoms with E-state index < -0.39 is 11.7 Å². The van der Waals surface area contributed by atoms with Crippen molar-refractivity contribution >= 4 is 11.9 Å². The second-order valence-corrected chi connectivity index (χ2v) is 8.55. The average molecular weight is 470 g/mol. The zero-order valence-electron chi connectivity index (χ0n) is 19.3. The summed E-state index contributed by atoms with van der Waals surface area (Å²) in [6.45, 7) is 2.80. The van der Waals surface area contributed by atoms with Crippen LogP contribution in [-0.4, -0.2) is 66.2 Å². The van der Waals surface area contributed by atoms with E-state index in [4.69, 9.17) is 20.2 Å². The SMILES string of the molecule is CN(C)c1nccc(-c2[nH]c(C3OCC(C)(C(=O)NCCN)CO3)nc2-c2ccc(F)cc2)n1. The molecule has 0 spiro atoms. The lowest BCUT2D eigenvalue weighted by molar-refractivity contribution is -0.231. The van der Waals surface area contributed by atoms with Gasteiger partial charge in [0.25, 0.3) is 0 Å². The Morgan fingerprint density at radius 3 is 2.59 bits per heavy atom. The highest BCUT2D eigenvalue weighted by Gasteiger charge is 2.40. The molecule has 1 aliphatic rings. The molecule has 1 aromatic carbocycles. The Hall–Kier alpha value is -3.41. The van der Waals surface area contributed by atoms with Gasteiger partial charge in [-0.05, 0) is 37.3 Å². The van der Waals surface area contributed by atoms with E-state index in [1.165, 1.54) is 12.1 Å². The van der Waals surface area contributed by atoms with Crippen LogP contribution in [0, 0.1) is 11.2 Å². The van der Waals surface area contributed by atoms with E-state index in [2.05, 4.69) is 20.3 Å². The number of anilines is 1. The molecule has 0 bridgehead atoms. The Morgan fingerprint density at radius 1 is 1.24 bits per heavy atom. The normalized spacial score (nSPS) is 20.2. The van der Waals surface area contributed by atoms with Gasteiger partial charge < -0.3 is 30.4 Å². The van der Waals surface area contributed by atoms with Crippen molar-refractivity contribution in [1.82, 2.24) is 25.3 Å². The number of halogens is 1. The van der Waals surface area contributed by atoms with Gasteiger partial charge in [-0.3, -0.25) is 4.79 Å². The molecule has 1 saturated heterocycles. The highest BCUT2D eigenvalue weighted by molar-refractivity contribution is 5.82. The van der Waals surface area contributed by atoms with E-state index in [0.29, 0.717) is 47.5 Å². The van der Waals surface area contributed by atoms with E-state index in [9.17, 15) is 9.18 Å². The molecule has 10 nitrogen and oxygen atoms in total. The second kappa shape index (κ2) is 9.84. The van der Waals surface area contributed by atoms with Crippen LogP contribution < -0.4 is 16.0 Å². The standard InChI is InChI=1S/C23H28FN7O3/c1-23(21(32)26-11-9-25)12-33-20(34-13-23)19-29-17(14-4-6-15(24)7-5-14)18(30-19)16-8-10-27-22(28-16)31(2)3/h4-8,10,20H,9,11-13,25H2,1-3H3,(H,26,32)(H,29,30). The fourth-order valence-corrected chi connectivity index (χ4v) is 3.51. The number of nitrogens with two attached hydrogens (primary N) is 1. The number of carbonyl (C=O) groups is 1. The molecule has 0 atom stereocenters. The smallest absolute Gasteiger partial charge is 0.230 e. The van der Waals surface area contributed by atoms with Crippen molar-refractivity contribution in [3.8, 4) is 22.6 Å². The summed E-state index contributed by atoms with van der Waals surface area (Å²) in [5.41, 5.74) is 7.13. The van der Waals surface area contributed by atoms with Gasteiger partial charge in [0.15, 0.2) is 5.82 Å². The summed E-state index contributed by atoms with van der Waals surface area (Å²) in [5.74, 6) is 0.428. The lowest BCUT2D eigenvalue weighted by Crippen LogP contribution is -2.49. The maximum absolute atomic E-state index is 13.5. The molecule has 3 heterocycles. The summed E-state index contributed by atoms with van der Waals surface area (Å²) in [7, 11) is 3.70. The number of ether oxygens (including phenoxy) is 2. The Balaban J connectivity index is 1.65. The summed E-state index contributed by atoms with van der Waals surface area (Å²) < 4.78 is 25.3. The van der Waals surface area contributed by atoms with Crippen LogP contribution in [0.25, 0.3) is 22.6 Å². The predicted molar refractivity (Wildman–Crippen MR) is 124 cm³/mol. The number of aromatic nitrogens is 4. The molecular formula is C23H28FN7O3. The molecular weight excluding hydrogens is 441 g/mol. The number of amides is 1. The van der Waals surface area contributed by atoms with Gasteiger partial charge in [0.05, 0.1) is 35.7 Å². The Kier molecular flexibility index (Phi) is 6.87. The first-order valence-electron chi connectivity index (χ1n) is 10.9. The number of nitrogens with one attached hydrogen (secondary N) is 2. The number of benzene rings is 1. The van der Waals surface area contributed by atoms with Crippen LogP contribution in [0.3, 0.4) is 0 Å². The molecule has 4 rings (SSSR count). The van der Waals surface area contributed by atoms with Gasteiger partial charge in [0, 0.05) is 38.9 Å². The fourth-order valence-electron chi connectivity index (χ4n) is 3.51. The monoisotopic (exact) mass is 469 g/mol. The molecule has 34 heavy (non-hydrogen) atoms. The van der Waals surface area contributed by atoms with E-state index >= 15 is 0 Å². The number of hydrogen-bond donors (Lipinski definition) is 3. The van der Waals surface area contributed by atoms with Crippen LogP contribution in [0.4, 0.5) is 10.3 Å². The largest absolute Gasteiger partial charge is 0.354 e. The van der Waals surface area contributed by atoms with E-state index in [-0.39, 0.29) is 24.9 Å². The third-order valence-corrected chi connectivity index (χ3v) is 5.45. The van der Waals surface area contributed by atoms with Gasteiger partial charge in [0.1, 0.15) is 5.82 Å². The Bertz CT molecular complexity index is 1140. The number of hydrogen-bond acceptors (Lipinski definition) is 8. The van der Waals surface area contributed by atoms with Crippen LogP contribution in [0.15, 0.2) is 36.5 Å².